The van der Waals surface area contributed by atoms with Crippen LogP contribution >= 0.6 is 0 Å². The van der Waals surface area contributed by atoms with Gasteiger partial charge in [0, 0.05) is 38.2 Å². The van der Waals surface area contributed by atoms with Crippen LogP contribution in [0, 0.1) is 0 Å². The monoisotopic (exact) mass is 394 g/mol. The van der Waals surface area contributed by atoms with Gasteiger partial charge in [-0.1, -0.05) is 18.2 Å². The molecule has 3 aromatic rings. The largest absolute Gasteiger partial charge is 0.474 e. The lowest BCUT2D eigenvalue weighted by atomic mass is 10.1. The summed E-state index contributed by atoms with van der Waals surface area (Å²) in [4.78, 5) is 22.6. The summed E-state index contributed by atoms with van der Waals surface area (Å²) in [5, 5.41) is 1.16. The number of amides is 1. The van der Waals surface area contributed by atoms with Gasteiger partial charge >= 0.3 is 6.09 Å². The van der Waals surface area contributed by atoms with Crippen LogP contribution in [-0.2, 0) is 4.74 Å². The molecule has 29 heavy (non-hydrogen) atoms. The minimum atomic E-state index is -0.482. The SMILES string of the molecule is CC(C)(C)OC(=O)N1CCC(Oc2cc(-n3ccc4ccccc43)ncn2)CC1. The van der Waals surface area contributed by atoms with Gasteiger partial charge in [-0.15, -0.1) is 0 Å². The van der Waals surface area contributed by atoms with Crippen LogP contribution in [0.5, 0.6) is 5.88 Å². The van der Waals surface area contributed by atoms with E-state index in [0.717, 1.165) is 29.6 Å². The Kier molecular flexibility index (Phi) is 5.13. The van der Waals surface area contributed by atoms with Crippen molar-refractivity contribution in [3.63, 3.8) is 0 Å². The van der Waals surface area contributed by atoms with E-state index in [9.17, 15) is 4.79 Å². The van der Waals surface area contributed by atoms with Gasteiger partial charge in [0.2, 0.25) is 5.88 Å². The average Bonchev–Trinajstić information content (AvgIpc) is 3.12. The van der Waals surface area contributed by atoms with Crippen molar-refractivity contribution in [1.82, 2.24) is 19.4 Å². The lowest BCUT2D eigenvalue weighted by Gasteiger charge is -2.33. The van der Waals surface area contributed by atoms with Crippen LogP contribution in [0.2, 0.25) is 0 Å². The number of benzene rings is 1. The third-order valence-electron chi connectivity index (χ3n) is 4.85. The molecule has 4 rings (SSSR count). The number of ether oxygens (including phenoxy) is 2. The second-order valence-corrected chi connectivity index (χ2v) is 8.24. The van der Waals surface area contributed by atoms with E-state index in [0.29, 0.717) is 19.0 Å². The molecule has 0 radical (unpaired) electrons. The molecular formula is C22H26N4O3. The highest BCUT2D eigenvalue weighted by molar-refractivity contribution is 5.81. The van der Waals surface area contributed by atoms with Gasteiger partial charge in [-0.05, 0) is 38.3 Å². The third kappa shape index (κ3) is 4.50. The number of hydrogen-bond acceptors (Lipinski definition) is 5. The van der Waals surface area contributed by atoms with Crippen molar-refractivity contribution < 1.29 is 14.3 Å². The van der Waals surface area contributed by atoms with Crippen LogP contribution in [0.1, 0.15) is 33.6 Å². The van der Waals surface area contributed by atoms with Crippen molar-refractivity contribution in [3.8, 4) is 11.7 Å². The fourth-order valence-corrected chi connectivity index (χ4v) is 3.46. The predicted molar refractivity (Wildman–Crippen MR) is 110 cm³/mol. The number of carbonyl (C=O) groups excluding carboxylic acids is 1. The Morgan fingerprint density at radius 2 is 1.86 bits per heavy atom. The van der Waals surface area contributed by atoms with Gasteiger partial charge < -0.3 is 18.9 Å². The van der Waals surface area contributed by atoms with E-state index in [4.69, 9.17) is 9.47 Å². The summed E-state index contributed by atoms with van der Waals surface area (Å²) in [6, 6.07) is 12.1. The Morgan fingerprint density at radius 3 is 2.62 bits per heavy atom. The van der Waals surface area contributed by atoms with Crippen molar-refractivity contribution in [2.45, 2.75) is 45.3 Å². The second kappa shape index (κ2) is 7.73. The smallest absolute Gasteiger partial charge is 0.410 e. The summed E-state index contributed by atoms with van der Waals surface area (Å²) >= 11 is 0. The highest BCUT2D eigenvalue weighted by Crippen LogP contribution is 2.23. The summed E-state index contributed by atoms with van der Waals surface area (Å²) in [5.41, 5.74) is 0.604. The Labute approximate surface area is 170 Å². The molecule has 7 heteroatoms. The van der Waals surface area contributed by atoms with Crippen LogP contribution in [0.15, 0.2) is 48.9 Å². The first-order chi connectivity index (χ1) is 13.9. The van der Waals surface area contributed by atoms with Gasteiger partial charge in [-0.25, -0.2) is 14.8 Å². The molecule has 0 bridgehead atoms. The molecule has 0 saturated carbocycles. The maximum Gasteiger partial charge on any atom is 0.410 e. The fraction of sp³-hybridized carbons (Fsp3) is 0.409. The third-order valence-corrected chi connectivity index (χ3v) is 4.85. The number of fused-ring (bicyclic) bond motifs is 1. The molecule has 0 aliphatic carbocycles. The first kappa shape index (κ1) is 19.2. The standard InChI is InChI=1S/C22H26N4O3/c1-22(2,3)29-21(27)25-11-9-17(10-12-25)28-20-14-19(23-15-24-20)26-13-8-16-6-4-5-7-18(16)26/h4-8,13-15,17H,9-12H2,1-3H3. The Balaban J connectivity index is 1.40. The zero-order chi connectivity index (χ0) is 20.4. The van der Waals surface area contributed by atoms with Gasteiger partial charge in [0.15, 0.2) is 0 Å². The Bertz CT molecular complexity index is 1000. The molecule has 1 aromatic carbocycles. The average molecular weight is 394 g/mol. The normalized spacial score (nSPS) is 15.5. The summed E-state index contributed by atoms with van der Waals surface area (Å²) in [7, 11) is 0. The summed E-state index contributed by atoms with van der Waals surface area (Å²) in [6.45, 7) is 6.85. The molecule has 0 N–H and O–H groups in total. The molecule has 1 aliphatic heterocycles. The van der Waals surface area contributed by atoms with Crippen LogP contribution in [0.3, 0.4) is 0 Å². The zero-order valence-electron chi connectivity index (χ0n) is 17.0. The minimum Gasteiger partial charge on any atom is -0.474 e. The number of nitrogens with zero attached hydrogens (tertiary/aromatic N) is 4. The molecule has 0 unspecified atom stereocenters. The van der Waals surface area contributed by atoms with Gasteiger partial charge in [-0.3, -0.25) is 0 Å². The number of piperidine rings is 1. The molecule has 1 saturated heterocycles. The van der Waals surface area contributed by atoms with Crippen LogP contribution in [0.25, 0.3) is 16.7 Å². The molecule has 2 aromatic heterocycles. The molecule has 152 valence electrons. The van der Waals surface area contributed by atoms with E-state index in [1.165, 1.54) is 6.33 Å². The van der Waals surface area contributed by atoms with E-state index >= 15 is 0 Å². The molecule has 1 amide bonds. The highest BCUT2D eigenvalue weighted by Gasteiger charge is 2.27. The number of rotatable bonds is 3. The van der Waals surface area contributed by atoms with Crippen molar-refractivity contribution in [1.29, 1.82) is 0 Å². The molecule has 1 fully saturated rings. The minimum absolute atomic E-state index is 0.0119. The summed E-state index contributed by atoms with van der Waals surface area (Å²) < 4.78 is 13.6. The molecule has 0 atom stereocenters. The Hall–Kier alpha value is -3.09. The van der Waals surface area contributed by atoms with E-state index in [-0.39, 0.29) is 12.2 Å². The maximum atomic E-state index is 12.2. The molecule has 0 spiro atoms. The lowest BCUT2D eigenvalue weighted by Crippen LogP contribution is -2.44. The number of hydrogen-bond donors (Lipinski definition) is 0. The number of likely N-dealkylation sites (tertiary alicyclic amines) is 1. The maximum absolute atomic E-state index is 12.2. The van der Waals surface area contributed by atoms with Gasteiger partial charge in [0.1, 0.15) is 23.9 Å². The van der Waals surface area contributed by atoms with Gasteiger partial charge in [0.25, 0.3) is 0 Å². The van der Waals surface area contributed by atoms with Crippen LogP contribution < -0.4 is 4.74 Å². The molecule has 1 aliphatic rings. The number of aromatic nitrogens is 3. The van der Waals surface area contributed by atoms with Crippen LogP contribution in [-0.4, -0.2) is 50.3 Å². The number of para-hydroxylation sites is 1. The van der Waals surface area contributed by atoms with E-state index in [1.54, 1.807) is 4.90 Å². The molecule has 7 nitrogen and oxygen atoms in total. The lowest BCUT2D eigenvalue weighted by molar-refractivity contribution is 0.0123. The quantitative estimate of drug-likeness (QED) is 0.666. The first-order valence-electron chi connectivity index (χ1n) is 9.92. The van der Waals surface area contributed by atoms with Crippen molar-refractivity contribution >= 4 is 17.0 Å². The second-order valence-electron chi connectivity index (χ2n) is 8.24. The van der Waals surface area contributed by atoms with Crippen molar-refractivity contribution in [2.75, 3.05) is 13.1 Å². The highest BCUT2D eigenvalue weighted by atomic mass is 16.6. The van der Waals surface area contributed by atoms with Gasteiger partial charge in [-0.2, -0.15) is 0 Å². The van der Waals surface area contributed by atoms with E-state index in [1.807, 2.05) is 49.7 Å². The zero-order valence-corrected chi connectivity index (χ0v) is 17.0. The summed E-state index contributed by atoms with van der Waals surface area (Å²) in [5.74, 6) is 1.31. The first-order valence-corrected chi connectivity index (χ1v) is 9.92. The van der Waals surface area contributed by atoms with Crippen molar-refractivity contribution in [2.24, 2.45) is 0 Å². The van der Waals surface area contributed by atoms with Gasteiger partial charge in [0.05, 0.1) is 5.52 Å². The molecule has 3 heterocycles. The fourth-order valence-electron chi connectivity index (χ4n) is 3.46. The van der Waals surface area contributed by atoms with E-state index < -0.39 is 5.60 Å². The topological polar surface area (TPSA) is 69.5 Å². The Morgan fingerprint density at radius 1 is 1.10 bits per heavy atom. The summed E-state index contributed by atoms with van der Waals surface area (Å²) in [6.07, 6.45) is 4.75. The predicted octanol–water partition coefficient (Wildman–Crippen LogP) is 4.20. The van der Waals surface area contributed by atoms with E-state index in [2.05, 4.69) is 28.2 Å². The van der Waals surface area contributed by atoms with Crippen molar-refractivity contribution in [3.05, 3.63) is 48.9 Å². The number of carbonyl (C=O) groups is 1. The van der Waals surface area contributed by atoms with Crippen LogP contribution in [0.4, 0.5) is 4.79 Å². The molecular weight excluding hydrogens is 368 g/mol.